The molecule has 0 unspecified atom stereocenters. The third-order valence-electron chi connectivity index (χ3n) is 6.91. The van der Waals surface area contributed by atoms with Crippen molar-refractivity contribution >= 4 is 17.8 Å². The van der Waals surface area contributed by atoms with Crippen molar-refractivity contribution in [3.05, 3.63) is 54.2 Å². The molecule has 4 heterocycles. The zero-order valence-corrected chi connectivity index (χ0v) is 20.0. The molecule has 0 saturated carbocycles. The maximum Gasteiger partial charge on any atom is 0.314 e. The molecule has 1 aromatic carbocycles. The van der Waals surface area contributed by atoms with Crippen LogP contribution in [-0.2, 0) is 16.1 Å². The third-order valence-corrected chi connectivity index (χ3v) is 6.91. The number of nitrogens with zero attached hydrogens (tertiary/aromatic N) is 6. The van der Waals surface area contributed by atoms with Gasteiger partial charge in [0.1, 0.15) is 0 Å². The van der Waals surface area contributed by atoms with Crippen LogP contribution in [0.1, 0.15) is 30.9 Å². The standard InChI is InChI=1S/C25H28F2N6O3/c1-31(19-8-10-32(11-9-19)20-14-35-15-20)21-4-2-3-5-22(21)33(16-34)13-18-7-6-17(12-28-18)24-29-30-25(36-24)23(26)27/h2-7,12,16,19-20,23H,8-11,13-15H2,1H3. The second kappa shape index (κ2) is 10.7. The quantitative estimate of drug-likeness (QED) is 0.414. The van der Waals surface area contributed by atoms with E-state index in [1.165, 1.54) is 6.20 Å². The van der Waals surface area contributed by atoms with Crippen LogP contribution in [-0.4, -0.2) is 71.9 Å². The van der Waals surface area contributed by atoms with E-state index in [0.717, 1.165) is 56.9 Å². The maximum absolute atomic E-state index is 12.7. The number of alkyl halides is 2. The molecule has 9 nitrogen and oxygen atoms in total. The van der Waals surface area contributed by atoms with Crippen LogP contribution in [0.15, 0.2) is 47.0 Å². The summed E-state index contributed by atoms with van der Waals surface area (Å²) < 4.78 is 35.8. The van der Waals surface area contributed by atoms with Crippen molar-refractivity contribution in [3.63, 3.8) is 0 Å². The highest BCUT2D eigenvalue weighted by Crippen LogP contribution is 2.33. The second-order valence-corrected chi connectivity index (χ2v) is 9.08. The van der Waals surface area contributed by atoms with Crippen LogP contribution in [0, 0.1) is 0 Å². The van der Waals surface area contributed by atoms with Gasteiger partial charge < -0.3 is 19.0 Å². The van der Waals surface area contributed by atoms with Crippen molar-refractivity contribution < 1.29 is 22.7 Å². The summed E-state index contributed by atoms with van der Waals surface area (Å²) in [5.74, 6) is -0.760. The van der Waals surface area contributed by atoms with Crippen LogP contribution in [0.4, 0.5) is 20.2 Å². The summed E-state index contributed by atoms with van der Waals surface area (Å²) in [7, 11) is 2.08. The van der Waals surface area contributed by atoms with Gasteiger partial charge >= 0.3 is 6.43 Å². The van der Waals surface area contributed by atoms with Gasteiger partial charge in [-0.1, -0.05) is 12.1 Å². The average Bonchev–Trinajstić information content (AvgIpc) is 3.38. The fraction of sp³-hybridized carbons (Fsp3) is 0.440. The Balaban J connectivity index is 1.27. The number of anilines is 2. The molecule has 0 aliphatic carbocycles. The Morgan fingerprint density at radius 3 is 2.44 bits per heavy atom. The number of hydrogen-bond donors (Lipinski definition) is 0. The fourth-order valence-electron chi connectivity index (χ4n) is 4.71. The van der Waals surface area contributed by atoms with Gasteiger partial charge in [0, 0.05) is 32.4 Å². The molecule has 0 atom stereocenters. The van der Waals surface area contributed by atoms with Gasteiger partial charge in [-0.15, -0.1) is 10.2 Å². The highest BCUT2D eigenvalue weighted by molar-refractivity contribution is 5.84. The predicted octanol–water partition coefficient (Wildman–Crippen LogP) is 3.53. The number of carbonyl (C=O) groups excluding carboxylic acids is 1. The number of rotatable bonds is 9. The third kappa shape index (κ3) is 5.07. The highest BCUT2D eigenvalue weighted by Gasteiger charge is 2.31. The number of ether oxygens (including phenoxy) is 1. The number of amides is 1. The van der Waals surface area contributed by atoms with E-state index in [1.54, 1.807) is 17.0 Å². The lowest BCUT2D eigenvalue weighted by Crippen LogP contribution is -2.54. The topological polar surface area (TPSA) is 87.8 Å². The Hall–Kier alpha value is -3.44. The Bertz CT molecular complexity index is 1160. The lowest BCUT2D eigenvalue weighted by molar-refractivity contribution is -0.107. The van der Waals surface area contributed by atoms with E-state index in [9.17, 15) is 13.6 Å². The zero-order valence-electron chi connectivity index (χ0n) is 20.0. The van der Waals surface area contributed by atoms with E-state index in [1.807, 2.05) is 24.3 Å². The van der Waals surface area contributed by atoms with E-state index < -0.39 is 12.3 Å². The molecule has 3 aromatic rings. The molecule has 2 aliphatic heterocycles. The largest absolute Gasteiger partial charge is 0.415 e. The summed E-state index contributed by atoms with van der Waals surface area (Å²) in [6.45, 7) is 3.99. The van der Waals surface area contributed by atoms with Crippen LogP contribution in [0.5, 0.6) is 0 Å². The molecule has 5 rings (SSSR count). The first-order valence-corrected chi connectivity index (χ1v) is 12.0. The molecule has 190 valence electrons. The van der Waals surface area contributed by atoms with Gasteiger partial charge in [0.25, 0.3) is 5.89 Å². The number of hydrogen-bond acceptors (Lipinski definition) is 8. The number of halogens is 2. The van der Waals surface area contributed by atoms with Crippen LogP contribution in [0.25, 0.3) is 11.5 Å². The number of pyridine rings is 1. The van der Waals surface area contributed by atoms with E-state index in [0.29, 0.717) is 23.3 Å². The van der Waals surface area contributed by atoms with Crippen LogP contribution < -0.4 is 9.80 Å². The summed E-state index contributed by atoms with van der Waals surface area (Å²) >= 11 is 0. The Morgan fingerprint density at radius 2 is 1.86 bits per heavy atom. The molecule has 2 saturated heterocycles. The minimum absolute atomic E-state index is 0.0283. The molecule has 2 fully saturated rings. The molecule has 1 amide bonds. The molecule has 2 aromatic heterocycles. The first-order valence-electron chi connectivity index (χ1n) is 12.0. The van der Waals surface area contributed by atoms with Crippen LogP contribution in [0.3, 0.4) is 0 Å². The predicted molar refractivity (Wildman–Crippen MR) is 129 cm³/mol. The molecule has 0 radical (unpaired) electrons. The van der Waals surface area contributed by atoms with E-state index in [2.05, 4.69) is 32.0 Å². The van der Waals surface area contributed by atoms with Gasteiger partial charge in [-0.25, -0.2) is 0 Å². The van der Waals surface area contributed by atoms with Gasteiger partial charge in [0.05, 0.1) is 48.4 Å². The number of para-hydroxylation sites is 2. The van der Waals surface area contributed by atoms with Crippen molar-refractivity contribution in [1.29, 1.82) is 0 Å². The van der Waals surface area contributed by atoms with E-state index in [4.69, 9.17) is 9.15 Å². The van der Waals surface area contributed by atoms with Crippen LogP contribution >= 0.6 is 0 Å². The average molecular weight is 499 g/mol. The van der Waals surface area contributed by atoms with Crippen molar-refractivity contribution in [2.75, 3.05) is 43.2 Å². The van der Waals surface area contributed by atoms with Crippen molar-refractivity contribution in [1.82, 2.24) is 20.1 Å². The Morgan fingerprint density at radius 1 is 1.11 bits per heavy atom. The van der Waals surface area contributed by atoms with Gasteiger partial charge in [0.2, 0.25) is 12.3 Å². The molecular formula is C25H28F2N6O3. The number of aromatic nitrogens is 3. The number of benzene rings is 1. The second-order valence-electron chi connectivity index (χ2n) is 9.08. The minimum Gasteiger partial charge on any atom is -0.415 e. The smallest absolute Gasteiger partial charge is 0.314 e. The molecule has 36 heavy (non-hydrogen) atoms. The van der Waals surface area contributed by atoms with Crippen molar-refractivity contribution in [3.8, 4) is 11.5 Å². The SMILES string of the molecule is CN(c1ccccc1N(C=O)Cc1ccc(-c2nnc(C(F)F)o2)cn1)C1CCN(C2COC2)CC1. The van der Waals surface area contributed by atoms with E-state index in [-0.39, 0.29) is 12.4 Å². The highest BCUT2D eigenvalue weighted by atomic mass is 19.3. The monoisotopic (exact) mass is 498 g/mol. The van der Waals surface area contributed by atoms with Crippen LogP contribution in [0.2, 0.25) is 0 Å². The molecule has 0 spiro atoms. The number of carbonyl (C=O) groups is 1. The summed E-state index contributed by atoms with van der Waals surface area (Å²) in [6, 6.07) is 12.2. The number of piperidine rings is 1. The van der Waals surface area contributed by atoms with Gasteiger partial charge in [0.15, 0.2) is 0 Å². The molecule has 2 aliphatic rings. The molecule has 11 heteroatoms. The summed E-state index contributed by atoms with van der Waals surface area (Å²) in [5, 5.41) is 6.98. The first-order chi connectivity index (χ1) is 17.5. The summed E-state index contributed by atoms with van der Waals surface area (Å²) in [6.07, 6.45) is 1.54. The lowest BCUT2D eigenvalue weighted by atomic mass is 10.0. The minimum atomic E-state index is -2.83. The summed E-state index contributed by atoms with van der Waals surface area (Å²) in [5.41, 5.74) is 2.84. The first kappa shape index (κ1) is 24.3. The molecular weight excluding hydrogens is 470 g/mol. The summed E-state index contributed by atoms with van der Waals surface area (Å²) in [4.78, 5) is 22.9. The van der Waals surface area contributed by atoms with Gasteiger partial charge in [-0.05, 0) is 37.1 Å². The molecule has 0 bridgehead atoms. The number of likely N-dealkylation sites (tertiary alicyclic amines) is 1. The zero-order chi connectivity index (χ0) is 25.1. The Labute approximate surface area is 207 Å². The van der Waals surface area contributed by atoms with E-state index >= 15 is 0 Å². The van der Waals surface area contributed by atoms with Gasteiger partial charge in [-0.2, -0.15) is 8.78 Å². The van der Waals surface area contributed by atoms with Crippen molar-refractivity contribution in [2.24, 2.45) is 0 Å². The fourth-order valence-corrected chi connectivity index (χ4v) is 4.71. The lowest BCUT2D eigenvalue weighted by Gasteiger charge is -2.44. The maximum atomic E-state index is 12.7. The normalized spacial score (nSPS) is 17.2. The Kier molecular flexibility index (Phi) is 7.19. The van der Waals surface area contributed by atoms with Gasteiger partial charge in [-0.3, -0.25) is 14.7 Å². The molecule has 0 N–H and O–H groups in total. The van der Waals surface area contributed by atoms with Crippen molar-refractivity contribution in [2.45, 2.75) is 37.9 Å².